The Morgan fingerprint density at radius 1 is 1.32 bits per heavy atom. The van der Waals surface area contributed by atoms with E-state index >= 15 is 0 Å². The molecule has 0 N–H and O–H groups in total. The standard InChI is InChI=1S/C18H21IN2O/c1-11-9-17(22-20-11)18-15(12-3-5-13(19)6-4-12)10-14-7-8-16(18)21(14)2/h3,5-6,9,14,16,18H,4,7-8,10H2,1-2H3/b15-12-. The monoisotopic (exact) mass is 408 g/mol. The number of allylic oxidation sites excluding steroid dienone is 5. The maximum Gasteiger partial charge on any atom is 0.145 e. The predicted octanol–water partition coefficient (Wildman–Crippen LogP) is 4.51. The summed E-state index contributed by atoms with van der Waals surface area (Å²) in [6, 6.07) is 3.39. The zero-order chi connectivity index (χ0) is 15.3. The lowest BCUT2D eigenvalue weighted by molar-refractivity contribution is 0.175. The maximum absolute atomic E-state index is 5.69. The van der Waals surface area contributed by atoms with Crippen LogP contribution in [0.1, 0.15) is 43.1 Å². The van der Waals surface area contributed by atoms with Crippen molar-refractivity contribution in [2.45, 2.75) is 50.6 Å². The molecule has 0 amide bonds. The summed E-state index contributed by atoms with van der Waals surface area (Å²) in [5, 5.41) is 4.14. The van der Waals surface area contributed by atoms with Gasteiger partial charge in [-0.25, -0.2) is 0 Å². The Hall–Kier alpha value is -0.880. The van der Waals surface area contributed by atoms with Gasteiger partial charge in [0.2, 0.25) is 0 Å². The Morgan fingerprint density at radius 3 is 2.86 bits per heavy atom. The molecule has 0 radical (unpaired) electrons. The fourth-order valence-corrected chi connectivity index (χ4v) is 4.69. The van der Waals surface area contributed by atoms with Crippen LogP contribution >= 0.6 is 22.6 Å². The third-order valence-corrected chi connectivity index (χ3v) is 6.24. The molecule has 3 nitrogen and oxygen atoms in total. The van der Waals surface area contributed by atoms with E-state index in [1.165, 1.54) is 28.4 Å². The van der Waals surface area contributed by atoms with Crippen LogP contribution in [0.4, 0.5) is 0 Å². The van der Waals surface area contributed by atoms with Gasteiger partial charge in [-0.05, 0) is 73.9 Å². The van der Waals surface area contributed by atoms with Crippen molar-refractivity contribution >= 4 is 22.6 Å². The second-order valence-electron chi connectivity index (χ2n) is 6.69. The molecule has 22 heavy (non-hydrogen) atoms. The summed E-state index contributed by atoms with van der Waals surface area (Å²) in [4.78, 5) is 2.57. The van der Waals surface area contributed by atoms with Gasteiger partial charge in [0.05, 0.1) is 11.6 Å². The van der Waals surface area contributed by atoms with Gasteiger partial charge in [0.15, 0.2) is 0 Å². The number of aryl methyl sites for hydroxylation is 1. The van der Waals surface area contributed by atoms with E-state index < -0.39 is 0 Å². The van der Waals surface area contributed by atoms with Crippen molar-refractivity contribution in [3.05, 3.63) is 50.5 Å². The Bertz CT molecular complexity index is 685. The molecule has 3 atom stereocenters. The zero-order valence-electron chi connectivity index (χ0n) is 13.1. The fraction of sp³-hybridized carbons (Fsp3) is 0.500. The van der Waals surface area contributed by atoms with Crippen molar-refractivity contribution in [2.24, 2.45) is 0 Å². The minimum absolute atomic E-state index is 0.369. The van der Waals surface area contributed by atoms with E-state index in [9.17, 15) is 0 Å². The van der Waals surface area contributed by atoms with E-state index in [2.05, 4.69) is 64.0 Å². The molecule has 4 heteroatoms. The molecule has 2 aliphatic heterocycles. The number of piperidine rings is 1. The first-order valence-electron chi connectivity index (χ1n) is 8.04. The van der Waals surface area contributed by atoms with E-state index in [-0.39, 0.29) is 0 Å². The largest absolute Gasteiger partial charge is 0.360 e. The molecule has 0 aromatic carbocycles. The normalized spacial score (nSPS) is 35.0. The summed E-state index contributed by atoms with van der Waals surface area (Å²) < 4.78 is 7.03. The molecule has 1 aromatic rings. The summed E-state index contributed by atoms with van der Waals surface area (Å²) in [6.07, 6.45) is 11.7. The molecule has 1 aliphatic carbocycles. The van der Waals surface area contributed by atoms with Crippen LogP contribution in [0.2, 0.25) is 0 Å². The molecule has 3 aliphatic rings. The average molecular weight is 408 g/mol. The Morgan fingerprint density at radius 2 is 2.18 bits per heavy atom. The van der Waals surface area contributed by atoms with Crippen molar-refractivity contribution in [1.82, 2.24) is 10.1 Å². The molecule has 1 aromatic heterocycles. The summed E-state index contributed by atoms with van der Waals surface area (Å²) in [5.41, 5.74) is 4.05. The molecule has 3 unspecified atom stereocenters. The van der Waals surface area contributed by atoms with E-state index in [0.29, 0.717) is 18.0 Å². The molecule has 0 spiro atoms. The predicted molar refractivity (Wildman–Crippen MR) is 96.1 cm³/mol. The van der Waals surface area contributed by atoms with Crippen LogP contribution in [0.5, 0.6) is 0 Å². The second kappa shape index (κ2) is 5.64. The number of hydrogen-bond donors (Lipinski definition) is 0. The lowest BCUT2D eigenvalue weighted by Crippen LogP contribution is -2.42. The molecule has 2 fully saturated rings. The van der Waals surface area contributed by atoms with Crippen molar-refractivity contribution in [3.8, 4) is 0 Å². The first-order valence-corrected chi connectivity index (χ1v) is 9.12. The van der Waals surface area contributed by atoms with Gasteiger partial charge < -0.3 is 4.52 Å². The third-order valence-electron chi connectivity index (χ3n) is 5.44. The van der Waals surface area contributed by atoms with Gasteiger partial charge in [-0.3, -0.25) is 4.90 Å². The summed E-state index contributed by atoms with van der Waals surface area (Å²) >= 11 is 2.40. The van der Waals surface area contributed by atoms with Gasteiger partial charge >= 0.3 is 0 Å². The van der Waals surface area contributed by atoms with Crippen molar-refractivity contribution in [2.75, 3.05) is 7.05 Å². The van der Waals surface area contributed by atoms with Crippen molar-refractivity contribution < 1.29 is 4.52 Å². The quantitative estimate of drug-likeness (QED) is 0.641. The van der Waals surface area contributed by atoms with E-state index in [0.717, 1.165) is 17.9 Å². The minimum atomic E-state index is 0.369. The first kappa shape index (κ1) is 14.7. The highest BCUT2D eigenvalue weighted by molar-refractivity contribution is 14.1. The molecular formula is C18H21IN2O. The van der Waals surface area contributed by atoms with Crippen LogP contribution in [-0.2, 0) is 0 Å². The van der Waals surface area contributed by atoms with Crippen molar-refractivity contribution in [3.63, 3.8) is 0 Å². The number of fused-ring (bicyclic) bond motifs is 2. The number of rotatable bonds is 1. The second-order valence-corrected chi connectivity index (χ2v) is 7.94. The Labute approximate surface area is 145 Å². The van der Waals surface area contributed by atoms with Gasteiger partial charge in [0, 0.05) is 21.7 Å². The fourth-order valence-electron chi connectivity index (χ4n) is 4.29. The van der Waals surface area contributed by atoms with E-state index in [1.54, 1.807) is 5.57 Å². The van der Waals surface area contributed by atoms with Gasteiger partial charge in [-0.15, -0.1) is 0 Å². The molecule has 0 saturated carbocycles. The summed E-state index contributed by atoms with van der Waals surface area (Å²) in [6.45, 7) is 2.01. The highest BCUT2D eigenvalue weighted by Gasteiger charge is 2.45. The van der Waals surface area contributed by atoms with Crippen LogP contribution in [0.25, 0.3) is 0 Å². The van der Waals surface area contributed by atoms with Gasteiger partial charge in [-0.2, -0.15) is 0 Å². The van der Waals surface area contributed by atoms with Crippen LogP contribution in [0.15, 0.2) is 43.5 Å². The highest BCUT2D eigenvalue weighted by atomic mass is 127. The molecule has 3 heterocycles. The molecule has 116 valence electrons. The van der Waals surface area contributed by atoms with Gasteiger partial charge in [0.25, 0.3) is 0 Å². The summed E-state index contributed by atoms with van der Waals surface area (Å²) in [5.74, 6) is 1.42. The smallest absolute Gasteiger partial charge is 0.145 e. The average Bonchev–Trinajstić information content (AvgIpc) is 3.02. The Balaban J connectivity index is 1.79. The number of nitrogens with zero attached hydrogens (tertiary/aromatic N) is 2. The van der Waals surface area contributed by atoms with Crippen molar-refractivity contribution in [1.29, 1.82) is 0 Å². The van der Waals surface area contributed by atoms with Crippen LogP contribution in [0, 0.1) is 6.92 Å². The number of hydrogen-bond acceptors (Lipinski definition) is 3. The van der Waals surface area contributed by atoms with Gasteiger partial charge in [-0.1, -0.05) is 22.9 Å². The Kier molecular flexibility index (Phi) is 3.77. The molecular weight excluding hydrogens is 387 g/mol. The summed E-state index contributed by atoms with van der Waals surface area (Å²) in [7, 11) is 2.28. The van der Waals surface area contributed by atoms with Crippen LogP contribution in [0.3, 0.4) is 0 Å². The van der Waals surface area contributed by atoms with Crippen LogP contribution < -0.4 is 0 Å². The van der Waals surface area contributed by atoms with Gasteiger partial charge in [0.1, 0.15) is 5.76 Å². The number of aromatic nitrogens is 1. The third kappa shape index (κ3) is 2.40. The number of halogens is 1. The highest BCUT2D eigenvalue weighted by Crippen LogP contribution is 2.48. The lowest BCUT2D eigenvalue weighted by Gasteiger charge is -2.39. The SMILES string of the molecule is Cc1cc(C2/C(=C3/C=CC(I)=CC3)CC3CCC2N3C)on1. The molecule has 2 saturated heterocycles. The maximum atomic E-state index is 5.69. The topological polar surface area (TPSA) is 29.3 Å². The molecule has 4 rings (SSSR count). The van der Waals surface area contributed by atoms with E-state index in [4.69, 9.17) is 4.52 Å². The zero-order valence-corrected chi connectivity index (χ0v) is 15.2. The minimum Gasteiger partial charge on any atom is -0.360 e. The van der Waals surface area contributed by atoms with Crippen LogP contribution in [-0.4, -0.2) is 29.2 Å². The first-order chi connectivity index (χ1) is 10.6. The van der Waals surface area contributed by atoms with E-state index in [1.807, 2.05) is 6.92 Å². The molecule has 2 bridgehead atoms. The number of likely N-dealkylation sites (N-methyl/N-ethyl adjacent to an activating group) is 1. The lowest BCUT2D eigenvalue weighted by atomic mass is 9.79.